The Morgan fingerprint density at radius 2 is 1.72 bits per heavy atom. The fourth-order valence-corrected chi connectivity index (χ4v) is 10.7. The smallest absolute Gasteiger partial charge is 0.246 e. The quantitative estimate of drug-likeness (QED) is 0.206. The van der Waals surface area contributed by atoms with E-state index >= 15 is 4.39 Å². The number of amides is 3. The average molecular weight is 851 g/mol. The third-order valence-electron chi connectivity index (χ3n) is 13.4. The van der Waals surface area contributed by atoms with Crippen LogP contribution in [0.1, 0.15) is 76.4 Å². The van der Waals surface area contributed by atoms with Crippen LogP contribution >= 0.6 is 15.9 Å². The molecule has 0 aromatic heterocycles. The number of anilines is 1. The number of aliphatic hydroxyl groups is 2. The van der Waals surface area contributed by atoms with Gasteiger partial charge in [-0.25, -0.2) is 4.39 Å². The molecule has 4 aliphatic carbocycles. The van der Waals surface area contributed by atoms with E-state index in [1.54, 1.807) is 32.1 Å². The zero-order chi connectivity index (χ0) is 41.1. The number of carbonyl (C=O) groups excluding carboxylic acids is 5. The van der Waals surface area contributed by atoms with Crippen LogP contribution in [0.5, 0.6) is 0 Å². The summed E-state index contributed by atoms with van der Waals surface area (Å²) >= 11 is 3.03. The van der Waals surface area contributed by atoms with Gasteiger partial charge < -0.3 is 35.6 Å². The van der Waals surface area contributed by atoms with Gasteiger partial charge in [-0.15, -0.1) is 0 Å². The topological polar surface area (TPSA) is 180 Å². The van der Waals surface area contributed by atoms with Crippen LogP contribution in [-0.2, 0) is 39.9 Å². The maximum atomic E-state index is 17.7. The maximum absolute atomic E-state index is 17.7. The molecule has 1 heterocycles. The highest BCUT2D eigenvalue weighted by Crippen LogP contribution is 2.72. The number of ether oxygens (including phenoxy) is 2. The first-order valence-electron chi connectivity index (χ1n) is 19.4. The van der Waals surface area contributed by atoms with Gasteiger partial charge in [0.25, 0.3) is 0 Å². The molecular formula is C43H49BrFN3O9. The van der Waals surface area contributed by atoms with Gasteiger partial charge in [0.2, 0.25) is 17.7 Å². The Morgan fingerprint density at radius 3 is 2.42 bits per heavy atom. The van der Waals surface area contributed by atoms with Crippen LogP contribution in [0.15, 0.2) is 72.3 Å². The molecule has 1 aliphatic heterocycles. The summed E-state index contributed by atoms with van der Waals surface area (Å²) in [4.78, 5) is 62.9. The Bertz CT molecular complexity index is 2040. The second-order valence-corrected chi connectivity index (χ2v) is 17.2. The molecule has 3 amide bonds. The summed E-state index contributed by atoms with van der Waals surface area (Å²) in [5.74, 6) is -3.06. The molecule has 7 rings (SSSR count). The van der Waals surface area contributed by atoms with Gasteiger partial charge in [0.15, 0.2) is 29.1 Å². The van der Waals surface area contributed by atoms with Crippen molar-refractivity contribution in [2.75, 3.05) is 17.3 Å². The summed E-state index contributed by atoms with van der Waals surface area (Å²) in [5.41, 5.74) is -2.20. The van der Waals surface area contributed by atoms with Crippen LogP contribution in [-0.4, -0.2) is 87.0 Å². The molecule has 57 heavy (non-hydrogen) atoms. The molecule has 304 valence electrons. The van der Waals surface area contributed by atoms with E-state index in [9.17, 15) is 34.2 Å². The molecular weight excluding hydrogens is 801 g/mol. The second kappa shape index (κ2) is 15.3. The molecule has 0 unspecified atom stereocenters. The number of hydrogen-bond donors (Lipinski definition) is 5. The van der Waals surface area contributed by atoms with E-state index in [4.69, 9.17) is 9.47 Å². The Kier molecular flexibility index (Phi) is 11.0. The molecule has 0 spiro atoms. The standard InChI is InChI=1S/C43H49BrFN3O9/c1-23(46-36(53)21-44)37(54)47-24(2)38(55)48-29-11-8-25(9-12-29)16-26-6-5-7-27(17-26)39-56-35-19-32-31-13-10-28-18-30(50)14-15-40(28,3)42(31,45)33(51)20-41(32,4)43(35,57-39)34(52)22-49/h5-9,11-12,14-15,17-18,23-24,31-33,35,39,49,51H,10,13,16,19-22H2,1-4H3,(H,46,53)(H,47,54)(H,48,55)/t23-,24-,31-,32-,33-,35+,39+,40-,41-,42-,43+/m0/s1. The predicted octanol–water partition coefficient (Wildman–Crippen LogP) is 4.32. The summed E-state index contributed by atoms with van der Waals surface area (Å²) in [6.07, 6.45) is 2.87. The largest absolute Gasteiger partial charge is 0.390 e. The number of nitrogens with one attached hydrogen (secondary N) is 3. The lowest BCUT2D eigenvalue weighted by Crippen LogP contribution is -2.69. The van der Waals surface area contributed by atoms with E-state index < -0.39 is 88.7 Å². The molecule has 1 saturated heterocycles. The molecule has 11 atom stereocenters. The molecule has 4 fully saturated rings. The van der Waals surface area contributed by atoms with E-state index in [1.807, 2.05) is 43.3 Å². The molecule has 2 aromatic carbocycles. The van der Waals surface area contributed by atoms with Gasteiger partial charge >= 0.3 is 0 Å². The highest BCUT2D eigenvalue weighted by molar-refractivity contribution is 9.09. The number of aliphatic hydroxyl groups excluding tert-OH is 2. The highest BCUT2D eigenvalue weighted by Gasteiger charge is 2.79. The van der Waals surface area contributed by atoms with Gasteiger partial charge in [-0.1, -0.05) is 70.9 Å². The summed E-state index contributed by atoms with van der Waals surface area (Å²) in [5, 5.41) is 30.1. The average Bonchev–Trinajstić information content (AvgIpc) is 3.69. The van der Waals surface area contributed by atoms with E-state index in [0.717, 1.165) is 11.1 Å². The number of carbonyl (C=O) groups is 5. The number of fused-ring (bicyclic) bond motifs is 7. The number of halogens is 2. The van der Waals surface area contributed by atoms with Crippen LogP contribution < -0.4 is 16.0 Å². The Morgan fingerprint density at radius 1 is 1.00 bits per heavy atom. The van der Waals surface area contributed by atoms with E-state index in [1.165, 1.54) is 19.1 Å². The van der Waals surface area contributed by atoms with Crippen molar-refractivity contribution in [1.29, 1.82) is 0 Å². The van der Waals surface area contributed by atoms with E-state index in [-0.39, 0.29) is 23.4 Å². The Hall–Kier alpha value is -4.08. The number of ketones is 2. The van der Waals surface area contributed by atoms with Crippen LogP contribution in [0, 0.1) is 22.7 Å². The monoisotopic (exact) mass is 849 g/mol. The number of alkyl halides is 2. The number of rotatable bonds is 11. The Balaban J connectivity index is 1.04. The van der Waals surface area contributed by atoms with Crippen molar-refractivity contribution < 1.29 is 48.0 Å². The normalized spacial score (nSPS) is 34.8. The first kappa shape index (κ1) is 41.1. The van der Waals surface area contributed by atoms with Crippen molar-refractivity contribution in [2.45, 2.75) is 102 Å². The lowest BCUT2D eigenvalue weighted by molar-refractivity contribution is -0.231. The predicted molar refractivity (Wildman–Crippen MR) is 211 cm³/mol. The number of allylic oxidation sites excluding steroid dienone is 4. The molecule has 0 radical (unpaired) electrons. The minimum Gasteiger partial charge on any atom is -0.390 e. The van der Waals surface area contributed by atoms with Gasteiger partial charge in [0.05, 0.1) is 17.5 Å². The van der Waals surface area contributed by atoms with E-state index in [2.05, 4.69) is 31.9 Å². The van der Waals surface area contributed by atoms with Crippen molar-refractivity contribution >= 4 is 50.9 Å². The summed E-state index contributed by atoms with van der Waals surface area (Å²) < 4.78 is 31.0. The van der Waals surface area contributed by atoms with Gasteiger partial charge in [-0.3, -0.25) is 24.0 Å². The molecule has 2 aromatic rings. The molecule has 5 N–H and O–H groups in total. The van der Waals surface area contributed by atoms with Crippen LogP contribution in [0.2, 0.25) is 0 Å². The molecule has 12 nitrogen and oxygen atoms in total. The zero-order valence-corrected chi connectivity index (χ0v) is 33.9. The summed E-state index contributed by atoms with van der Waals surface area (Å²) in [7, 11) is 0. The second-order valence-electron chi connectivity index (χ2n) is 16.7. The first-order chi connectivity index (χ1) is 27.0. The number of Topliss-reactive ketones (excluding diaryl/α,β-unsaturated/α-hetero) is 1. The molecule has 14 heteroatoms. The lowest BCUT2D eigenvalue weighted by atomic mass is 9.44. The fraction of sp³-hybridized carbons (Fsp3) is 0.512. The minimum atomic E-state index is -2.08. The zero-order valence-electron chi connectivity index (χ0n) is 32.4. The molecule has 5 aliphatic rings. The van der Waals surface area contributed by atoms with Gasteiger partial charge in [0.1, 0.15) is 18.7 Å². The van der Waals surface area contributed by atoms with Crippen molar-refractivity contribution in [3.63, 3.8) is 0 Å². The fourth-order valence-electron chi connectivity index (χ4n) is 10.5. The molecule has 3 saturated carbocycles. The van der Waals surface area contributed by atoms with E-state index in [0.29, 0.717) is 42.5 Å². The third kappa shape index (κ3) is 6.70. The minimum absolute atomic E-state index is 0.0567. The summed E-state index contributed by atoms with van der Waals surface area (Å²) in [6.45, 7) is 5.89. The lowest BCUT2D eigenvalue weighted by Gasteiger charge is -2.62. The van der Waals surface area contributed by atoms with Gasteiger partial charge in [0, 0.05) is 28.0 Å². The molecule has 0 bridgehead atoms. The van der Waals surface area contributed by atoms with Gasteiger partial charge in [-0.2, -0.15) is 0 Å². The number of hydrogen-bond acceptors (Lipinski definition) is 9. The van der Waals surface area contributed by atoms with Crippen molar-refractivity contribution in [1.82, 2.24) is 10.6 Å². The van der Waals surface area contributed by atoms with Crippen LogP contribution in [0.25, 0.3) is 0 Å². The van der Waals surface area contributed by atoms with Gasteiger partial charge in [-0.05, 0) is 94.2 Å². The Labute approximate surface area is 339 Å². The van der Waals surface area contributed by atoms with Crippen LogP contribution in [0.3, 0.4) is 0 Å². The number of benzene rings is 2. The van der Waals surface area contributed by atoms with Crippen molar-refractivity contribution in [2.24, 2.45) is 22.7 Å². The highest BCUT2D eigenvalue weighted by atomic mass is 79.9. The maximum Gasteiger partial charge on any atom is 0.246 e. The summed E-state index contributed by atoms with van der Waals surface area (Å²) in [6, 6.07) is 13.2. The van der Waals surface area contributed by atoms with Crippen molar-refractivity contribution in [3.05, 3.63) is 89.0 Å². The van der Waals surface area contributed by atoms with Crippen molar-refractivity contribution in [3.8, 4) is 0 Å². The SMILES string of the molecule is C[C@H](NC(=O)CBr)C(=O)N[C@@H](C)C(=O)Nc1ccc(Cc2cccc([C@@H]3O[C@@H]4C[C@H]5[C@@H]6CCC7=CC(=O)C=C[C@]7(C)[C@@]6(F)[C@@H](O)C[C@]5(C)[C@]4(C(=O)CO)O3)c2)cc1. The third-order valence-corrected chi connectivity index (χ3v) is 13.9. The first-order valence-corrected chi connectivity index (χ1v) is 20.6. The van der Waals surface area contributed by atoms with Crippen LogP contribution in [0.4, 0.5) is 10.1 Å².